The minimum atomic E-state index is -0.176. The average molecular weight is 601 g/mol. The molecule has 0 aliphatic heterocycles. The molecule has 0 bridgehead atoms. The molecule has 0 nitrogen and oxygen atoms in total. The maximum atomic E-state index is 2.57. The van der Waals surface area contributed by atoms with Gasteiger partial charge in [0, 0.05) is 5.41 Å². The first-order valence-electron chi connectivity index (χ1n) is 16.9. The molecular weight excluding hydrogens is 565 g/mol. The molecule has 0 radical (unpaired) electrons. The van der Waals surface area contributed by atoms with Crippen LogP contribution < -0.4 is 0 Å². The van der Waals surface area contributed by atoms with Crippen LogP contribution in [0.3, 0.4) is 0 Å². The molecule has 0 heterocycles. The van der Waals surface area contributed by atoms with Gasteiger partial charge in [0.25, 0.3) is 0 Å². The molecule has 0 heteroatoms. The lowest BCUT2D eigenvalue weighted by Gasteiger charge is -2.28. The van der Waals surface area contributed by atoms with Crippen LogP contribution in [0.2, 0.25) is 0 Å². The van der Waals surface area contributed by atoms with Gasteiger partial charge in [-0.15, -0.1) is 0 Å². The molecule has 0 atom stereocenters. The van der Waals surface area contributed by atoms with E-state index in [0.29, 0.717) is 0 Å². The zero-order valence-corrected chi connectivity index (χ0v) is 27.6. The lowest BCUT2D eigenvalue weighted by molar-refractivity contribution is 0.591. The number of hydrogen-bond donors (Lipinski definition) is 0. The molecule has 0 unspecified atom stereocenters. The molecular formula is C47H36. The normalized spacial score (nSPS) is 14.2. The van der Waals surface area contributed by atoms with E-state index >= 15 is 0 Å². The predicted molar refractivity (Wildman–Crippen MR) is 204 cm³/mol. The largest absolute Gasteiger partial charge is 0.0616 e. The van der Waals surface area contributed by atoms with E-state index in [0.717, 1.165) is 0 Å². The van der Waals surface area contributed by atoms with Crippen LogP contribution in [0.4, 0.5) is 0 Å². The van der Waals surface area contributed by atoms with Crippen molar-refractivity contribution >= 4 is 64.6 Å². The van der Waals surface area contributed by atoms with Crippen LogP contribution >= 0.6 is 0 Å². The molecule has 0 saturated carbocycles. The van der Waals surface area contributed by atoms with Crippen LogP contribution in [0.25, 0.3) is 86.9 Å². The highest BCUT2D eigenvalue weighted by Crippen LogP contribution is 2.57. The van der Waals surface area contributed by atoms with Crippen LogP contribution in [0.15, 0.2) is 127 Å². The third-order valence-corrected chi connectivity index (χ3v) is 11.3. The van der Waals surface area contributed by atoms with Crippen molar-refractivity contribution in [1.82, 2.24) is 0 Å². The van der Waals surface area contributed by atoms with E-state index < -0.39 is 0 Å². The smallest absolute Gasteiger partial charge is 0.0165 e. The molecule has 10 rings (SSSR count). The Bertz CT molecular complexity index is 2770. The van der Waals surface area contributed by atoms with Crippen molar-refractivity contribution < 1.29 is 0 Å². The van der Waals surface area contributed by atoms with E-state index in [2.05, 4.69) is 162 Å². The van der Waals surface area contributed by atoms with Gasteiger partial charge in [0.05, 0.1) is 0 Å². The summed E-state index contributed by atoms with van der Waals surface area (Å²) in [5.74, 6) is 0. The van der Waals surface area contributed by atoms with Crippen molar-refractivity contribution in [3.8, 4) is 22.3 Å². The summed E-state index contributed by atoms with van der Waals surface area (Å²) in [4.78, 5) is 0. The van der Waals surface area contributed by atoms with Gasteiger partial charge in [-0.05, 0) is 121 Å². The van der Waals surface area contributed by atoms with Crippen LogP contribution in [0, 0.1) is 0 Å². The van der Waals surface area contributed by atoms with E-state index in [1.54, 1.807) is 0 Å². The molecule has 47 heavy (non-hydrogen) atoms. The van der Waals surface area contributed by atoms with E-state index in [1.165, 1.54) is 104 Å². The molecule has 0 spiro atoms. The summed E-state index contributed by atoms with van der Waals surface area (Å²) in [6.45, 7) is 12.0. The molecule has 0 N–H and O–H groups in total. The number of benzene rings is 9. The van der Waals surface area contributed by atoms with Gasteiger partial charge >= 0.3 is 0 Å². The predicted octanol–water partition coefficient (Wildman–Crippen LogP) is 13.3. The molecule has 1 aliphatic carbocycles. The molecule has 0 fully saturated rings. The van der Waals surface area contributed by atoms with Crippen LogP contribution in [-0.4, -0.2) is 0 Å². The van der Waals surface area contributed by atoms with Gasteiger partial charge in [-0.3, -0.25) is 0 Å². The first-order valence-corrected chi connectivity index (χ1v) is 16.9. The van der Waals surface area contributed by atoms with Gasteiger partial charge in [0.15, 0.2) is 0 Å². The maximum absolute atomic E-state index is 2.57. The fourth-order valence-corrected chi connectivity index (χ4v) is 9.16. The highest BCUT2D eigenvalue weighted by molar-refractivity contribution is 6.27. The van der Waals surface area contributed by atoms with Crippen molar-refractivity contribution in [3.05, 3.63) is 144 Å². The quantitative estimate of drug-likeness (QED) is 0.164. The summed E-state index contributed by atoms with van der Waals surface area (Å²) in [5.41, 5.74) is 9.54. The van der Waals surface area contributed by atoms with Gasteiger partial charge in [-0.2, -0.15) is 0 Å². The molecule has 0 saturated heterocycles. The second kappa shape index (κ2) is 8.99. The lowest BCUT2D eigenvalue weighted by Crippen LogP contribution is -2.18. The number of fused-ring (bicyclic) bond motifs is 10. The fraction of sp³-hybridized carbons (Fsp3) is 0.149. The number of hydrogen-bond acceptors (Lipinski definition) is 0. The van der Waals surface area contributed by atoms with Gasteiger partial charge < -0.3 is 0 Å². The van der Waals surface area contributed by atoms with E-state index in [-0.39, 0.29) is 10.8 Å². The first-order chi connectivity index (χ1) is 22.7. The zero-order chi connectivity index (χ0) is 31.8. The van der Waals surface area contributed by atoms with Crippen LogP contribution in [0.1, 0.15) is 51.3 Å². The maximum Gasteiger partial charge on any atom is 0.0165 e. The summed E-state index contributed by atoms with van der Waals surface area (Å²) in [6.07, 6.45) is 0. The van der Waals surface area contributed by atoms with Crippen molar-refractivity contribution in [3.63, 3.8) is 0 Å². The molecule has 1 aliphatic rings. The Morgan fingerprint density at radius 2 is 1.02 bits per heavy atom. The summed E-state index contributed by atoms with van der Waals surface area (Å²) in [7, 11) is 0. The molecule has 224 valence electrons. The molecule has 9 aromatic carbocycles. The van der Waals surface area contributed by atoms with Gasteiger partial charge in [-0.1, -0.05) is 150 Å². The Balaban J connectivity index is 1.34. The standard InChI is InChI=1S/C47H36/c1-46(2,3)39-26-38-40(25-37(39)32-22-20-30-18-17-28-12-10-13-29-21-23-35(32)42(30)41(28)29)47(4,5)45-36-24-19-27-11-6-7-14-31(27)43(36)33-15-8-9-16-34(33)44(38)45/h6-26H,1-5H3. The Morgan fingerprint density at radius 3 is 1.79 bits per heavy atom. The van der Waals surface area contributed by atoms with Crippen molar-refractivity contribution in [2.45, 2.75) is 45.4 Å². The minimum absolute atomic E-state index is 0.0515. The Hall–Kier alpha value is -5.20. The summed E-state index contributed by atoms with van der Waals surface area (Å²) in [5, 5.41) is 16.1. The van der Waals surface area contributed by atoms with Gasteiger partial charge in [0.2, 0.25) is 0 Å². The minimum Gasteiger partial charge on any atom is -0.0616 e. The van der Waals surface area contributed by atoms with Gasteiger partial charge in [-0.25, -0.2) is 0 Å². The summed E-state index contributed by atoms with van der Waals surface area (Å²) >= 11 is 0. The summed E-state index contributed by atoms with van der Waals surface area (Å²) < 4.78 is 0. The Morgan fingerprint density at radius 1 is 0.426 bits per heavy atom. The van der Waals surface area contributed by atoms with Crippen molar-refractivity contribution in [2.24, 2.45) is 0 Å². The molecule has 0 amide bonds. The van der Waals surface area contributed by atoms with E-state index in [1.807, 2.05) is 0 Å². The molecule has 9 aromatic rings. The second-order valence-electron chi connectivity index (χ2n) is 15.3. The third-order valence-electron chi connectivity index (χ3n) is 11.3. The monoisotopic (exact) mass is 600 g/mol. The second-order valence-corrected chi connectivity index (χ2v) is 15.3. The fourth-order valence-electron chi connectivity index (χ4n) is 9.16. The third kappa shape index (κ3) is 3.48. The van der Waals surface area contributed by atoms with Crippen molar-refractivity contribution in [1.29, 1.82) is 0 Å². The number of rotatable bonds is 1. The topological polar surface area (TPSA) is 0 Å². The van der Waals surface area contributed by atoms with Crippen LogP contribution in [0.5, 0.6) is 0 Å². The van der Waals surface area contributed by atoms with Gasteiger partial charge in [0.1, 0.15) is 0 Å². The zero-order valence-electron chi connectivity index (χ0n) is 27.6. The Labute approximate surface area is 275 Å². The lowest BCUT2D eigenvalue weighted by atomic mass is 9.75. The SMILES string of the molecule is CC(C)(C)c1cc2c(cc1-c1ccc3ccc4cccc5ccc1c3c45)C(C)(C)c1c-2c2ccccc2c2c1ccc1ccccc12. The van der Waals surface area contributed by atoms with E-state index in [4.69, 9.17) is 0 Å². The first kappa shape index (κ1) is 27.0. The van der Waals surface area contributed by atoms with Crippen LogP contribution in [-0.2, 0) is 10.8 Å². The molecule has 0 aromatic heterocycles. The highest BCUT2D eigenvalue weighted by Gasteiger charge is 2.40. The van der Waals surface area contributed by atoms with Crippen molar-refractivity contribution in [2.75, 3.05) is 0 Å². The highest BCUT2D eigenvalue weighted by atomic mass is 14.4. The Kier molecular flexibility index (Phi) is 5.16. The average Bonchev–Trinajstić information content (AvgIpc) is 3.32. The summed E-state index contributed by atoms with van der Waals surface area (Å²) in [6, 6.07) is 48.5. The van der Waals surface area contributed by atoms with E-state index in [9.17, 15) is 0 Å².